The molecule has 0 amide bonds. The maximum absolute atomic E-state index is 5.76. The van der Waals surface area contributed by atoms with Gasteiger partial charge < -0.3 is 4.74 Å². The van der Waals surface area contributed by atoms with E-state index in [1.807, 2.05) is 30.3 Å². The monoisotopic (exact) mass is 290 g/mol. The first-order valence-corrected chi connectivity index (χ1v) is 6.58. The lowest BCUT2D eigenvalue weighted by Crippen LogP contribution is -1.95. The fourth-order valence-electron chi connectivity index (χ4n) is 1.59. The topological polar surface area (TPSA) is 9.23 Å². The Bertz CT molecular complexity index is 465. The van der Waals surface area contributed by atoms with Gasteiger partial charge >= 0.3 is 0 Å². The number of hydrogen-bond acceptors (Lipinski definition) is 1. The van der Waals surface area contributed by atoms with Crippen LogP contribution in [0, 0.1) is 0 Å². The molecular formula is C15H15BrO. The zero-order valence-electron chi connectivity index (χ0n) is 9.77. The normalized spacial score (nSPS) is 12.1. The number of rotatable bonds is 4. The molecule has 0 aliphatic heterocycles. The summed E-state index contributed by atoms with van der Waals surface area (Å²) in [6.07, 6.45) is 0. The minimum absolute atomic E-state index is 0.350. The van der Waals surface area contributed by atoms with E-state index in [4.69, 9.17) is 4.74 Å². The van der Waals surface area contributed by atoms with Crippen LogP contribution in [0.3, 0.4) is 0 Å². The van der Waals surface area contributed by atoms with E-state index in [1.54, 1.807) is 0 Å². The fraction of sp³-hybridized carbons (Fsp3) is 0.200. The summed E-state index contributed by atoms with van der Waals surface area (Å²) in [5.74, 6) is 0.914. The smallest absolute Gasteiger partial charge is 0.120 e. The molecule has 2 aromatic carbocycles. The van der Waals surface area contributed by atoms with Crippen molar-refractivity contribution in [3.63, 3.8) is 0 Å². The molecule has 2 aromatic rings. The largest absolute Gasteiger partial charge is 0.489 e. The third-order valence-electron chi connectivity index (χ3n) is 2.57. The van der Waals surface area contributed by atoms with Crippen LogP contribution < -0.4 is 4.74 Å². The van der Waals surface area contributed by atoms with Gasteiger partial charge in [-0.25, -0.2) is 0 Å². The Balaban J connectivity index is 2.02. The molecule has 0 aliphatic rings. The molecule has 0 saturated carbocycles. The van der Waals surface area contributed by atoms with E-state index in [0.29, 0.717) is 11.4 Å². The zero-order valence-corrected chi connectivity index (χ0v) is 11.4. The second-order valence-corrected chi connectivity index (χ2v) is 5.34. The summed E-state index contributed by atoms with van der Waals surface area (Å²) in [4.78, 5) is 0.350. The van der Waals surface area contributed by atoms with Gasteiger partial charge in [0.2, 0.25) is 0 Å². The third-order valence-corrected chi connectivity index (χ3v) is 3.09. The highest BCUT2D eigenvalue weighted by molar-refractivity contribution is 9.09. The number of alkyl halides is 1. The second-order valence-electron chi connectivity index (χ2n) is 3.96. The van der Waals surface area contributed by atoms with Gasteiger partial charge in [0.05, 0.1) is 0 Å². The van der Waals surface area contributed by atoms with E-state index in [9.17, 15) is 0 Å². The molecule has 0 saturated heterocycles. The second kappa shape index (κ2) is 5.87. The quantitative estimate of drug-likeness (QED) is 0.740. The SMILES string of the molecule is CC(Br)c1cccc(OCc2ccccc2)c1. The van der Waals surface area contributed by atoms with Crippen LogP contribution in [0.15, 0.2) is 54.6 Å². The molecule has 0 N–H and O–H groups in total. The van der Waals surface area contributed by atoms with Gasteiger partial charge in [-0.1, -0.05) is 58.4 Å². The van der Waals surface area contributed by atoms with Crippen molar-refractivity contribution in [2.75, 3.05) is 0 Å². The summed E-state index contributed by atoms with van der Waals surface area (Å²) in [7, 11) is 0. The summed E-state index contributed by atoms with van der Waals surface area (Å²) >= 11 is 3.56. The van der Waals surface area contributed by atoms with E-state index in [-0.39, 0.29) is 0 Å². The first-order valence-electron chi connectivity index (χ1n) is 5.66. The molecule has 1 unspecified atom stereocenters. The van der Waals surface area contributed by atoms with Crippen molar-refractivity contribution in [2.24, 2.45) is 0 Å². The number of halogens is 1. The third kappa shape index (κ3) is 3.60. The Morgan fingerprint density at radius 1 is 1.06 bits per heavy atom. The highest BCUT2D eigenvalue weighted by atomic mass is 79.9. The van der Waals surface area contributed by atoms with Crippen LogP contribution >= 0.6 is 15.9 Å². The molecule has 17 heavy (non-hydrogen) atoms. The van der Waals surface area contributed by atoms with Crippen molar-refractivity contribution in [1.82, 2.24) is 0 Å². The van der Waals surface area contributed by atoms with Crippen LogP contribution in [0.2, 0.25) is 0 Å². The Kier molecular flexibility index (Phi) is 4.21. The van der Waals surface area contributed by atoms with Gasteiger partial charge in [0.1, 0.15) is 12.4 Å². The average molecular weight is 291 g/mol. The minimum Gasteiger partial charge on any atom is -0.489 e. The molecule has 1 atom stereocenters. The molecule has 0 radical (unpaired) electrons. The van der Waals surface area contributed by atoms with Gasteiger partial charge in [-0.2, -0.15) is 0 Å². The van der Waals surface area contributed by atoms with Crippen molar-refractivity contribution in [3.05, 3.63) is 65.7 Å². The van der Waals surface area contributed by atoms with E-state index < -0.39 is 0 Å². The van der Waals surface area contributed by atoms with Crippen molar-refractivity contribution in [3.8, 4) is 5.75 Å². The summed E-state index contributed by atoms with van der Waals surface area (Å²) in [5, 5.41) is 0. The minimum atomic E-state index is 0.350. The molecule has 0 spiro atoms. The van der Waals surface area contributed by atoms with Crippen LogP contribution in [0.1, 0.15) is 22.9 Å². The molecule has 88 valence electrons. The Hall–Kier alpha value is -1.28. The molecule has 0 fully saturated rings. The Labute approximate surface area is 111 Å². The molecular weight excluding hydrogens is 276 g/mol. The van der Waals surface area contributed by atoms with Crippen molar-refractivity contribution in [2.45, 2.75) is 18.4 Å². The van der Waals surface area contributed by atoms with Gasteiger partial charge in [-0.3, -0.25) is 0 Å². The molecule has 0 bridgehead atoms. The van der Waals surface area contributed by atoms with Gasteiger partial charge in [0, 0.05) is 4.83 Å². The first kappa shape index (κ1) is 12.2. The average Bonchev–Trinajstić information content (AvgIpc) is 2.38. The summed E-state index contributed by atoms with van der Waals surface area (Å²) in [6.45, 7) is 2.72. The Morgan fingerprint density at radius 3 is 2.53 bits per heavy atom. The van der Waals surface area contributed by atoms with Crippen molar-refractivity contribution in [1.29, 1.82) is 0 Å². The maximum atomic E-state index is 5.76. The van der Waals surface area contributed by atoms with Crippen molar-refractivity contribution < 1.29 is 4.74 Å². The molecule has 2 rings (SSSR count). The summed E-state index contributed by atoms with van der Waals surface area (Å²) in [5.41, 5.74) is 2.42. The standard InChI is InChI=1S/C15H15BrO/c1-12(16)14-8-5-9-15(10-14)17-11-13-6-3-2-4-7-13/h2-10,12H,11H2,1H3. The number of hydrogen-bond donors (Lipinski definition) is 0. The number of ether oxygens (including phenoxy) is 1. The van der Waals surface area contributed by atoms with E-state index >= 15 is 0 Å². The van der Waals surface area contributed by atoms with Gasteiger partial charge in [0.25, 0.3) is 0 Å². The highest BCUT2D eigenvalue weighted by Crippen LogP contribution is 2.25. The van der Waals surface area contributed by atoms with Gasteiger partial charge in [-0.15, -0.1) is 0 Å². The zero-order chi connectivity index (χ0) is 12.1. The van der Waals surface area contributed by atoms with E-state index in [2.05, 4.69) is 47.1 Å². The predicted octanol–water partition coefficient (Wildman–Crippen LogP) is 4.72. The van der Waals surface area contributed by atoms with E-state index in [0.717, 1.165) is 5.75 Å². The first-order chi connectivity index (χ1) is 8.25. The summed E-state index contributed by atoms with van der Waals surface area (Å²) in [6, 6.07) is 18.4. The Morgan fingerprint density at radius 2 is 1.82 bits per heavy atom. The highest BCUT2D eigenvalue weighted by Gasteiger charge is 2.02. The molecule has 2 heteroatoms. The van der Waals surface area contributed by atoms with Crippen LogP contribution in [0.4, 0.5) is 0 Å². The van der Waals surface area contributed by atoms with Gasteiger partial charge in [-0.05, 0) is 30.2 Å². The van der Waals surface area contributed by atoms with Crippen LogP contribution in [0.25, 0.3) is 0 Å². The lowest BCUT2D eigenvalue weighted by Gasteiger charge is -2.09. The van der Waals surface area contributed by atoms with Crippen LogP contribution in [-0.2, 0) is 6.61 Å². The summed E-state index contributed by atoms with van der Waals surface area (Å²) < 4.78 is 5.76. The molecule has 0 aromatic heterocycles. The van der Waals surface area contributed by atoms with Crippen LogP contribution in [0.5, 0.6) is 5.75 Å². The maximum Gasteiger partial charge on any atom is 0.120 e. The van der Waals surface area contributed by atoms with Crippen molar-refractivity contribution >= 4 is 15.9 Å². The van der Waals surface area contributed by atoms with Crippen LogP contribution in [-0.4, -0.2) is 0 Å². The lowest BCUT2D eigenvalue weighted by atomic mass is 10.1. The van der Waals surface area contributed by atoms with E-state index in [1.165, 1.54) is 11.1 Å². The predicted molar refractivity (Wildman–Crippen MR) is 74.6 cm³/mol. The fourth-order valence-corrected chi connectivity index (χ4v) is 1.88. The lowest BCUT2D eigenvalue weighted by molar-refractivity contribution is 0.306. The molecule has 1 nitrogen and oxygen atoms in total. The molecule has 0 heterocycles. The molecule has 0 aliphatic carbocycles. The van der Waals surface area contributed by atoms with Gasteiger partial charge in [0.15, 0.2) is 0 Å². The number of benzene rings is 2.